The first-order valence-corrected chi connectivity index (χ1v) is 4.43. The molecule has 0 aromatic rings. The van der Waals surface area contributed by atoms with E-state index >= 15 is 0 Å². The van der Waals surface area contributed by atoms with Gasteiger partial charge in [0.2, 0.25) is 0 Å². The van der Waals surface area contributed by atoms with Crippen LogP contribution in [0.15, 0.2) is 12.6 Å². The standard InChI is InChI=1S/C9H17BO2/c1-6-9(5)8(3,4)11-10(7-2)12-9/h7H,2,6H2,1,3-5H3. The lowest BCUT2D eigenvalue weighted by Crippen LogP contribution is -2.44. The van der Waals surface area contributed by atoms with E-state index in [4.69, 9.17) is 9.31 Å². The molecule has 0 aromatic heterocycles. The Hall–Kier alpha value is -0.275. The van der Waals surface area contributed by atoms with Crippen LogP contribution in [0, 0.1) is 0 Å². The summed E-state index contributed by atoms with van der Waals surface area (Å²) in [5.74, 6) is 1.70. The van der Waals surface area contributed by atoms with Crippen molar-refractivity contribution in [1.82, 2.24) is 0 Å². The van der Waals surface area contributed by atoms with Crippen LogP contribution in [0.2, 0.25) is 0 Å². The fourth-order valence-corrected chi connectivity index (χ4v) is 1.44. The third kappa shape index (κ3) is 1.32. The Morgan fingerprint density at radius 1 is 1.33 bits per heavy atom. The molecule has 0 aromatic carbocycles. The van der Waals surface area contributed by atoms with Gasteiger partial charge in [0.05, 0.1) is 11.2 Å². The van der Waals surface area contributed by atoms with Gasteiger partial charge in [-0.05, 0) is 27.2 Å². The van der Waals surface area contributed by atoms with Crippen molar-refractivity contribution in [1.29, 1.82) is 0 Å². The summed E-state index contributed by atoms with van der Waals surface area (Å²) in [6, 6.07) is 0. The zero-order chi connectivity index (χ0) is 9.41. The van der Waals surface area contributed by atoms with Crippen LogP contribution in [-0.2, 0) is 9.31 Å². The highest BCUT2D eigenvalue weighted by atomic mass is 16.7. The molecule has 1 saturated heterocycles. The van der Waals surface area contributed by atoms with Crippen LogP contribution in [0.1, 0.15) is 34.1 Å². The van der Waals surface area contributed by atoms with E-state index in [1.165, 1.54) is 0 Å². The molecule has 1 aliphatic rings. The minimum absolute atomic E-state index is 0.189. The van der Waals surface area contributed by atoms with Crippen LogP contribution < -0.4 is 0 Å². The van der Waals surface area contributed by atoms with Crippen LogP contribution in [-0.4, -0.2) is 18.3 Å². The van der Waals surface area contributed by atoms with Gasteiger partial charge in [-0.3, -0.25) is 0 Å². The SMILES string of the molecule is C=CB1OC(C)(C)C(C)(CC)O1. The predicted octanol–water partition coefficient (Wildman–Crippen LogP) is 2.19. The van der Waals surface area contributed by atoms with Crippen molar-refractivity contribution in [2.45, 2.75) is 45.3 Å². The van der Waals surface area contributed by atoms with Crippen LogP contribution in [0.3, 0.4) is 0 Å². The monoisotopic (exact) mass is 168 g/mol. The molecule has 0 aliphatic carbocycles. The smallest absolute Gasteiger partial charge is 0.400 e. The Labute approximate surface area is 75.1 Å². The van der Waals surface area contributed by atoms with Gasteiger partial charge in [-0.15, -0.1) is 6.58 Å². The lowest BCUT2D eigenvalue weighted by atomic mass is 9.86. The van der Waals surface area contributed by atoms with E-state index < -0.39 is 0 Å². The Kier molecular flexibility index (Phi) is 2.36. The third-order valence-electron chi connectivity index (χ3n) is 2.93. The molecule has 12 heavy (non-hydrogen) atoms. The second kappa shape index (κ2) is 2.89. The minimum atomic E-state index is -0.245. The summed E-state index contributed by atoms with van der Waals surface area (Å²) in [5.41, 5.74) is -0.410. The maximum Gasteiger partial charge on any atom is 0.486 e. The van der Waals surface area contributed by atoms with E-state index in [1.807, 2.05) is 0 Å². The minimum Gasteiger partial charge on any atom is -0.400 e. The third-order valence-corrected chi connectivity index (χ3v) is 2.93. The summed E-state index contributed by atoms with van der Waals surface area (Å²) in [4.78, 5) is 0. The summed E-state index contributed by atoms with van der Waals surface area (Å²) in [6.45, 7) is 12.0. The molecule has 68 valence electrons. The normalized spacial score (nSPS) is 33.8. The molecule has 1 heterocycles. The fourth-order valence-electron chi connectivity index (χ4n) is 1.44. The van der Waals surface area contributed by atoms with Crippen molar-refractivity contribution in [2.75, 3.05) is 0 Å². The Bertz CT molecular complexity index is 191. The molecule has 3 heteroatoms. The van der Waals surface area contributed by atoms with Crippen molar-refractivity contribution in [2.24, 2.45) is 0 Å². The van der Waals surface area contributed by atoms with E-state index in [2.05, 4.69) is 34.3 Å². The average Bonchev–Trinajstić information content (AvgIpc) is 2.24. The maximum atomic E-state index is 5.72. The van der Waals surface area contributed by atoms with Gasteiger partial charge < -0.3 is 9.31 Å². The zero-order valence-corrected chi connectivity index (χ0v) is 8.39. The predicted molar refractivity (Wildman–Crippen MR) is 50.9 cm³/mol. The molecule has 0 N–H and O–H groups in total. The van der Waals surface area contributed by atoms with Crippen LogP contribution in [0.25, 0.3) is 0 Å². The lowest BCUT2D eigenvalue weighted by Gasteiger charge is -2.35. The molecule has 1 fully saturated rings. The lowest BCUT2D eigenvalue weighted by molar-refractivity contribution is -0.0118. The van der Waals surface area contributed by atoms with Gasteiger partial charge in [-0.2, -0.15) is 0 Å². The van der Waals surface area contributed by atoms with Crippen molar-refractivity contribution in [3.63, 3.8) is 0 Å². The summed E-state index contributed by atoms with van der Waals surface area (Å²) in [5, 5.41) is 0. The van der Waals surface area contributed by atoms with E-state index in [9.17, 15) is 0 Å². The van der Waals surface area contributed by atoms with Gasteiger partial charge >= 0.3 is 7.12 Å². The van der Waals surface area contributed by atoms with Crippen LogP contribution in [0.5, 0.6) is 0 Å². The molecule has 0 spiro atoms. The fraction of sp³-hybridized carbons (Fsp3) is 0.778. The van der Waals surface area contributed by atoms with Crippen molar-refractivity contribution in [3.05, 3.63) is 12.6 Å². The van der Waals surface area contributed by atoms with E-state index in [-0.39, 0.29) is 18.3 Å². The van der Waals surface area contributed by atoms with Gasteiger partial charge in [0.15, 0.2) is 0 Å². The quantitative estimate of drug-likeness (QED) is 0.588. The molecule has 1 unspecified atom stereocenters. The van der Waals surface area contributed by atoms with E-state index in [0.29, 0.717) is 0 Å². The van der Waals surface area contributed by atoms with Crippen molar-refractivity contribution in [3.8, 4) is 0 Å². The van der Waals surface area contributed by atoms with Gasteiger partial charge in [0, 0.05) is 0 Å². The summed E-state index contributed by atoms with van der Waals surface area (Å²) in [6.07, 6.45) is 0.949. The Morgan fingerprint density at radius 3 is 2.17 bits per heavy atom. The number of rotatable bonds is 2. The summed E-state index contributed by atoms with van der Waals surface area (Å²) in [7, 11) is -0.245. The highest BCUT2D eigenvalue weighted by molar-refractivity contribution is 6.51. The molecular formula is C9H17BO2. The molecular weight excluding hydrogens is 151 g/mol. The molecule has 0 radical (unpaired) electrons. The molecule has 1 aliphatic heterocycles. The largest absolute Gasteiger partial charge is 0.486 e. The van der Waals surface area contributed by atoms with Crippen molar-refractivity contribution >= 4 is 7.12 Å². The number of hydrogen-bond donors (Lipinski definition) is 0. The Balaban J connectivity index is 2.83. The van der Waals surface area contributed by atoms with Gasteiger partial charge in [-0.1, -0.05) is 12.9 Å². The van der Waals surface area contributed by atoms with Crippen LogP contribution in [0.4, 0.5) is 0 Å². The first-order chi connectivity index (χ1) is 5.45. The maximum absolute atomic E-state index is 5.72. The first kappa shape index (κ1) is 9.81. The Morgan fingerprint density at radius 2 is 1.92 bits per heavy atom. The highest BCUT2D eigenvalue weighted by Crippen LogP contribution is 2.39. The van der Waals surface area contributed by atoms with E-state index in [0.717, 1.165) is 6.42 Å². The molecule has 1 atom stereocenters. The zero-order valence-electron chi connectivity index (χ0n) is 8.39. The van der Waals surface area contributed by atoms with Crippen LogP contribution >= 0.6 is 0 Å². The molecule has 0 saturated carbocycles. The molecule has 0 bridgehead atoms. The second-order valence-corrected chi connectivity index (χ2v) is 3.93. The number of hydrogen-bond acceptors (Lipinski definition) is 2. The molecule has 0 amide bonds. The second-order valence-electron chi connectivity index (χ2n) is 3.93. The summed E-state index contributed by atoms with van der Waals surface area (Å²) < 4.78 is 11.4. The topological polar surface area (TPSA) is 18.5 Å². The molecule has 1 rings (SSSR count). The summed E-state index contributed by atoms with van der Waals surface area (Å²) >= 11 is 0. The van der Waals surface area contributed by atoms with Gasteiger partial charge in [0.25, 0.3) is 0 Å². The van der Waals surface area contributed by atoms with Gasteiger partial charge in [-0.25, -0.2) is 0 Å². The first-order valence-electron chi connectivity index (χ1n) is 4.43. The van der Waals surface area contributed by atoms with Gasteiger partial charge in [0.1, 0.15) is 0 Å². The average molecular weight is 168 g/mol. The molecule has 2 nitrogen and oxygen atoms in total. The van der Waals surface area contributed by atoms with E-state index in [1.54, 1.807) is 5.98 Å². The highest BCUT2D eigenvalue weighted by Gasteiger charge is 2.51. The van der Waals surface area contributed by atoms with Crippen molar-refractivity contribution < 1.29 is 9.31 Å².